The van der Waals surface area contributed by atoms with E-state index in [0.717, 1.165) is 0 Å². The molecule has 108 valence electrons. The van der Waals surface area contributed by atoms with Crippen molar-refractivity contribution in [2.75, 3.05) is 13.7 Å². The molecule has 0 saturated carbocycles. The van der Waals surface area contributed by atoms with Crippen LogP contribution < -0.4 is 20.4 Å². The molecule has 0 aliphatic carbocycles. The summed E-state index contributed by atoms with van der Waals surface area (Å²) in [6.07, 6.45) is -0.657. The second-order valence-corrected chi connectivity index (χ2v) is 4.37. The van der Waals surface area contributed by atoms with Crippen LogP contribution in [0.3, 0.4) is 0 Å². The topological polar surface area (TPSA) is 96.9 Å². The predicted octanol–water partition coefficient (Wildman–Crippen LogP) is -0.398. The van der Waals surface area contributed by atoms with E-state index in [4.69, 9.17) is 9.57 Å². The minimum Gasteiger partial charge on any atom is -0.497 e. The second-order valence-electron chi connectivity index (χ2n) is 4.37. The zero-order chi connectivity index (χ0) is 14.5. The summed E-state index contributed by atoms with van der Waals surface area (Å²) in [6.45, 7) is 0.364. The molecule has 1 aliphatic heterocycles. The Hall–Kier alpha value is -2.28. The number of nitrogens with one attached hydrogen (secondary N) is 2. The quantitative estimate of drug-likeness (QED) is 0.515. The molecule has 2 unspecified atom stereocenters. The Morgan fingerprint density at radius 2 is 2.00 bits per heavy atom. The highest BCUT2D eigenvalue weighted by Gasteiger charge is 2.37. The lowest BCUT2D eigenvalue weighted by molar-refractivity contribution is -0.146. The van der Waals surface area contributed by atoms with E-state index >= 15 is 0 Å². The lowest BCUT2D eigenvalue weighted by Crippen LogP contribution is -2.52. The van der Waals surface area contributed by atoms with E-state index in [9.17, 15) is 14.7 Å². The first-order chi connectivity index (χ1) is 9.61. The predicted molar refractivity (Wildman–Crippen MR) is 68.9 cm³/mol. The highest BCUT2D eigenvalue weighted by molar-refractivity contribution is 6.01. The number of ether oxygens (including phenoxy) is 1. The van der Waals surface area contributed by atoms with Crippen molar-refractivity contribution in [3.8, 4) is 11.5 Å². The van der Waals surface area contributed by atoms with Gasteiger partial charge < -0.3 is 20.0 Å². The number of amides is 2. The van der Waals surface area contributed by atoms with Crippen LogP contribution in [0.2, 0.25) is 0 Å². The molecule has 2 amide bonds. The number of carbonyl (C=O) groups excluding carboxylic acids is 2. The average Bonchev–Trinajstić information content (AvgIpc) is 2.45. The number of piperidine rings is 1. The van der Waals surface area contributed by atoms with Crippen molar-refractivity contribution in [1.82, 2.24) is 10.8 Å². The van der Waals surface area contributed by atoms with Gasteiger partial charge in [0.05, 0.1) is 13.2 Å². The van der Waals surface area contributed by atoms with Gasteiger partial charge in [0.2, 0.25) is 5.91 Å². The van der Waals surface area contributed by atoms with Gasteiger partial charge in [0, 0.05) is 6.54 Å². The van der Waals surface area contributed by atoms with Crippen LogP contribution in [-0.4, -0.2) is 36.7 Å². The van der Waals surface area contributed by atoms with E-state index < -0.39 is 23.8 Å². The Labute approximate surface area is 115 Å². The van der Waals surface area contributed by atoms with Crippen LogP contribution in [0.1, 0.15) is 6.42 Å². The van der Waals surface area contributed by atoms with Crippen molar-refractivity contribution in [3.63, 3.8) is 0 Å². The minimum atomic E-state index is -1.15. The number of carbonyl (C=O) groups is 2. The number of methoxy groups -OCH3 is 1. The van der Waals surface area contributed by atoms with Gasteiger partial charge in [-0.05, 0) is 30.7 Å². The van der Waals surface area contributed by atoms with E-state index in [1.54, 1.807) is 31.4 Å². The first-order valence-corrected chi connectivity index (χ1v) is 6.18. The number of hydrogen-bond donors (Lipinski definition) is 3. The number of aliphatic hydroxyl groups is 1. The smallest absolute Gasteiger partial charge is 0.267 e. The Morgan fingerprint density at radius 3 is 2.60 bits per heavy atom. The van der Waals surface area contributed by atoms with Gasteiger partial charge >= 0.3 is 0 Å². The van der Waals surface area contributed by atoms with Gasteiger partial charge in [-0.15, -0.1) is 0 Å². The maximum absolute atomic E-state index is 11.8. The third-order valence-electron chi connectivity index (χ3n) is 3.02. The maximum Gasteiger partial charge on any atom is 0.267 e. The molecule has 1 fully saturated rings. The van der Waals surface area contributed by atoms with Crippen molar-refractivity contribution in [3.05, 3.63) is 24.3 Å². The number of benzene rings is 1. The normalized spacial score (nSPS) is 21.8. The van der Waals surface area contributed by atoms with Gasteiger partial charge in [-0.1, -0.05) is 0 Å². The fourth-order valence-corrected chi connectivity index (χ4v) is 1.90. The maximum atomic E-state index is 11.8. The molecule has 0 spiro atoms. The molecular formula is C13H16N2O5. The van der Waals surface area contributed by atoms with E-state index in [1.165, 1.54) is 0 Å². The number of rotatable bonds is 4. The lowest BCUT2D eigenvalue weighted by atomic mass is 9.95. The van der Waals surface area contributed by atoms with Gasteiger partial charge in [-0.3, -0.25) is 9.59 Å². The fraction of sp³-hybridized carbons (Fsp3) is 0.385. The van der Waals surface area contributed by atoms with Crippen LogP contribution in [0.15, 0.2) is 24.3 Å². The van der Waals surface area contributed by atoms with Crippen LogP contribution >= 0.6 is 0 Å². The Balaban J connectivity index is 1.92. The number of hydrogen-bond acceptors (Lipinski definition) is 5. The molecule has 1 saturated heterocycles. The standard InChI is InChI=1S/C13H16N2O5/c1-19-8-2-4-9(5-3-8)20-15-13(18)11-10(16)6-7-14-12(11)17/h2-5,10-11,16H,6-7H2,1H3,(H,14,17)(H,15,18). The highest BCUT2D eigenvalue weighted by Crippen LogP contribution is 2.17. The molecule has 2 rings (SSSR count). The third-order valence-corrected chi connectivity index (χ3v) is 3.02. The average molecular weight is 280 g/mol. The molecule has 0 radical (unpaired) electrons. The van der Waals surface area contributed by atoms with Crippen LogP contribution in [0.4, 0.5) is 0 Å². The first kappa shape index (κ1) is 14.1. The van der Waals surface area contributed by atoms with E-state index in [2.05, 4.69) is 10.8 Å². The van der Waals surface area contributed by atoms with Gasteiger partial charge in [0.15, 0.2) is 5.75 Å². The number of aliphatic hydroxyl groups excluding tert-OH is 1. The van der Waals surface area contributed by atoms with Gasteiger partial charge in [0.25, 0.3) is 5.91 Å². The van der Waals surface area contributed by atoms with E-state index in [1.807, 2.05) is 0 Å². The van der Waals surface area contributed by atoms with Gasteiger partial charge in [-0.2, -0.15) is 5.48 Å². The van der Waals surface area contributed by atoms with Crippen molar-refractivity contribution in [2.24, 2.45) is 5.92 Å². The fourth-order valence-electron chi connectivity index (χ4n) is 1.90. The van der Waals surface area contributed by atoms with Crippen LogP contribution in [-0.2, 0) is 9.59 Å². The highest BCUT2D eigenvalue weighted by atomic mass is 16.7. The zero-order valence-corrected chi connectivity index (χ0v) is 11.0. The first-order valence-electron chi connectivity index (χ1n) is 6.18. The molecule has 3 N–H and O–H groups in total. The molecule has 1 aromatic rings. The van der Waals surface area contributed by atoms with Crippen molar-refractivity contribution in [2.45, 2.75) is 12.5 Å². The molecule has 1 aromatic carbocycles. The van der Waals surface area contributed by atoms with Crippen molar-refractivity contribution >= 4 is 11.8 Å². The summed E-state index contributed by atoms with van der Waals surface area (Å²) in [7, 11) is 1.54. The summed E-state index contributed by atoms with van der Waals surface area (Å²) in [5.41, 5.74) is 2.17. The molecular weight excluding hydrogens is 264 g/mol. The molecule has 7 heteroatoms. The monoisotopic (exact) mass is 280 g/mol. The van der Waals surface area contributed by atoms with Crippen LogP contribution in [0.5, 0.6) is 11.5 Å². The summed E-state index contributed by atoms with van der Waals surface area (Å²) in [5, 5.41) is 12.2. The SMILES string of the molecule is COc1ccc(ONC(=O)C2C(=O)NCCC2O)cc1. The molecule has 1 aliphatic rings. The molecule has 20 heavy (non-hydrogen) atoms. The Morgan fingerprint density at radius 1 is 1.35 bits per heavy atom. The summed E-state index contributed by atoms with van der Waals surface area (Å²) in [6, 6.07) is 6.56. The van der Waals surface area contributed by atoms with E-state index in [0.29, 0.717) is 24.5 Å². The third kappa shape index (κ3) is 3.18. The lowest BCUT2D eigenvalue weighted by Gasteiger charge is -2.25. The minimum absolute atomic E-state index is 0.340. The summed E-state index contributed by atoms with van der Waals surface area (Å²) < 4.78 is 4.99. The summed E-state index contributed by atoms with van der Waals surface area (Å²) in [4.78, 5) is 28.4. The van der Waals surface area contributed by atoms with E-state index in [-0.39, 0.29) is 0 Å². The van der Waals surface area contributed by atoms with Crippen LogP contribution in [0, 0.1) is 5.92 Å². The van der Waals surface area contributed by atoms with Gasteiger partial charge in [-0.25, -0.2) is 0 Å². The molecule has 0 aromatic heterocycles. The largest absolute Gasteiger partial charge is 0.497 e. The summed E-state index contributed by atoms with van der Waals surface area (Å²) in [5.74, 6) is -1.28. The van der Waals surface area contributed by atoms with Gasteiger partial charge in [0.1, 0.15) is 11.7 Å². The molecule has 1 heterocycles. The van der Waals surface area contributed by atoms with Crippen molar-refractivity contribution < 1.29 is 24.3 Å². The molecule has 7 nitrogen and oxygen atoms in total. The zero-order valence-electron chi connectivity index (χ0n) is 11.0. The molecule has 2 atom stereocenters. The van der Waals surface area contributed by atoms with Crippen LogP contribution in [0.25, 0.3) is 0 Å². The summed E-state index contributed by atoms with van der Waals surface area (Å²) >= 11 is 0. The number of hydroxylamine groups is 1. The van der Waals surface area contributed by atoms with Crippen molar-refractivity contribution in [1.29, 1.82) is 0 Å². The molecule has 0 bridgehead atoms. The Kier molecular flexibility index (Phi) is 4.41. The second kappa shape index (κ2) is 6.25. The Bertz CT molecular complexity index is 488.